The maximum Gasteiger partial charge on any atom is 0.146 e. The lowest BCUT2D eigenvalue weighted by molar-refractivity contribution is 0.396. The van der Waals surface area contributed by atoms with Crippen LogP contribution in [0.5, 0.6) is 0 Å². The molecule has 0 spiro atoms. The number of rotatable bonds is 3. The molecule has 0 saturated carbocycles. The standard InChI is InChI=1S/C14H16N6/c15-8-12-4-3-6-17-14(12)20-7-2-1-5-13(20)9-19-11-16-10-18-19/h3-4,6,10-11,13H,1-2,5,7,9H2/t13-/m1/s1. The van der Waals surface area contributed by atoms with Crippen molar-refractivity contribution in [2.24, 2.45) is 0 Å². The zero-order valence-electron chi connectivity index (χ0n) is 11.2. The van der Waals surface area contributed by atoms with Crippen molar-refractivity contribution in [2.45, 2.75) is 31.8 Å². The summed E-state index contributed by atoms with van der Waals surface area (Å²) in [6.07, 6.45) is 8.45. The Morgan fingerprint density at radius 3 is 3.15 bits per heavy atom. The number of aromatic nitrogens is 4. The first-order valence-electron chi connectivity index (χ1n) is 6.82. The second kappa shape index (κ2) is 5.70. The highest BCUT2D eigenvalue weighted by molar-refractivity contribution is 5.54. The number of pyridine rings is 1. The van der Waals surface area contributed by atoms with Crippen molar-refractivity contribution in [2.75, 3.05) is 11.4 Å². The molecule has 3 rings (SSSR count). The summed E-state index contributed by atoms with van der Waals surface area (Å²) in [6.45, 7) is 1.71. The van der Waals surface area contributed by atoms with Crippen LogP contribution in [0.1, 0.15) is 24.8 Å². The highest BCUT2D eigenvalue weighted by atomic mass is 15.3. The van der Waals surface area contributed by atoms with Crippen molar-refractivity contribution in [1.29, 1.82) is 5.26 Å². The summed E-state index contributed by atoms with van der Waals surface area (Å²) >= 11 is 0. The minimum absolute atomic E-state index is 0.312. The van der Waals surface area contributed by atoms with Crippen LogP contribution < -0.4 is 4.90 Å². The molecule has 1 aliphatic heterocycles. The quantitative estimate of drug-likeness (QED) is 0.845. The average Bonchev–Trinajstić information content (AvgIpc) is 3.01. The van der Waals surface area contributed by atoms with Crippen molar-refractivity contribution in [3.8, 4) is 6.07 Å². The van der Waals surface area contributed by atoms with Crippen LogP contribution in [0, 0.1) is 11.3 Å². The van der Waals surface area contributed by atoms with Crippen LogP contribution in [-0.4, -0.2) is 32.3 Å². The zero-order valence-corrected chi connectivity index (χ0v) is 11.2. The van der Waals surface area contributed by atoms with Gasteiger partial charge in [0.15, 0.2) is 0 Å². The molecule has 0 aliphatic carbocycles. The van der Waals surface area contributed by atoms with E-state index in [1.165, 1.54) is 6.42 Å². The van der Waals surface area contributed by atoms with E-state index in [0.29, 0.717) is 11.6 Å². The van der Waals surface area contributed by atoms with Gasteiger partial charge in [-0.3, -0.25) is 4.68 Å². The lowest BCUT2D eigenvalue weighted by atomic mass is 10.0. The number of piperidine rings is 1. The number of hydrogen-bond acceptors (Lipinski definition) is 5. The topological polar surface area (TPSA) is 70.6 Å². The van der Waals surface area contributed by atoms with Gasteiger partial charge >= 0.3 is 0 Å². The SMILES string of the molecule is N#Cc1cccnc1N1CCCC[C@@H]1Cn1cncn1. The third-order valence-corrected chi connectivity index (χ3v) is 3.67. The van der Waals surface area contributed by atoms with Crippen LogP contribution in [0.4, 0.5) is 5.82 Å². The molecule has 0 radical (unpaired) electrons. The maximum atomic E-state index is 9.25. The predicted molar refractivity (Wildman–Crippen MR) is 74.0 cm³/mol. The van der Waals surface area contributed by atoms with Crippen LogP contribution >= 0.6 is 0 Å². The molecule has 2 aromatic rings. The van der Waals surface area contributed by atoms with Gasteiger partial charge in [-0.05, 0) is 31.4 Å². The Hall–Kier alpha value is -2.42. The molecule has 20 heavy (non-hydrogen) atoms. The monoisotopic (exact) mass is 268 g/mol. The third-order valence-electron chi connectivity index (χ3n) is 3.67. The summed E-state index contributed by atoms with van der Waals surface area (Å²) in [5, 5.41) is 13.4. The first-order chi connectivity index (χ1) is 9.88. The molecule has 0 aromatic carbocycles. The van der Waals surface area contributed by atoms with E-state index in [0.717, 1.165) is 31.7 Å². The molecule has 0 bridgehead atoms. The molecular formula is C14H16N6. The molecule has 6 heteroatoms. The van der Waals surface area contributed by atoms with Crippen molar-refractivity contribution < 1.29 is 0 Å². The Morgan fingerprint density at radius 1 is 1.40 bits per heavy atom. The number of hydrogen-bond donors (Lipinski definition) is 0. The molecule has 6 nitrogen and oxygen atoms in total. The van der Waals surface area contributed by atoms with E-state index in [-0.39, 0.29) is 0 Å². The van der Waals surface area contributed by atoms with E-state index in [1.807, 2.05) is 10.7 Å². The lowest BCUT2D eigenvalue weighted by Gasteiger charge is -2.36. The summed E-state index contributed by atoms with van der Waals surface area (Å²) in [5.41, 5.74) is 0.637. The van der Waals surface area contributed by atoms with Gasteiger partial charge in [-0.2, -0.15) is 10.4 Å². The van der Waals surface area contributed by atoms with Gasteiger partial charge in [-0.1, -0.05) is 0 Å². The van der Waals surface area contributed by atoms with Gasteiger partial charge in [0.05, 0.1) is 18.2 Å². The van der Waals surface area contributed by atoms with Crippen LogP contribution in [0.15, 0.2) is 31.0 Å². The number of anilines is 1. The molecular weight excluding hydrogens is 252 g/mol. The van der Waals surface area contributed by atoms with Crippen LogP contribution in [-0.2, 0) is 6.54 Å². The van der Waals surface area contributed by atoms with Gasteiger partial charge in [-0.25, -0.2) is 9.97 Å². The molecule has 1 aliphatic rings. The van der Waals surface area contributed by atoms with Gasteiger partial charge in [0, 0.05) is 12.7 Å². The van der Waals surface area contributed by atoms with Gasteiger partial charge < -0.3 is 4.90 Å². The zero-order chi connectivity index (χ0) is 13.8. The minimum Gasteiger partial charge on any atom is -0.351 e. The van der Waals surface area contributed by atoms with Crippen molar-refractivity contribution >= 4 is 5.82 Å². The van der Waals surface area contributed by atoms with Gasteiger partial charge in [0.25, 0.3) is 0 Å². The van der Waals surface area contributed by atoms with Crippen LogP contribution in [0.25, 0.3) is 0 Å². The normalized spacial score (nSPS) is 18.8. The highest BCUT2D eigenvalue weighted by Gasteiger charge is 2.25. The first kappa shape index (κ1) is 12.6. The molecule has 0 amide bonds. The van der Waals surface area contributed by atoms with Crippen molar-refractivity contribution in [3.63, 3.8) is 0 Å². The molecule has 3 heterocycles. The highest BCUT2D eigenvalue weighted by Crippen LogP contribution is 2.26. The van der Waals surface area contributed by atoms with Gasteiger partial charge in [-0.15, -0.1) is 0 Å². The molecule has 1 saturated heterocycles. The fourth-order valence-electron chi connectivity index (χ4n) is 2.73. The Labute approximate surface area is 117 Å². The number of nitriles is 1. The molecule has 1 fully saturated rings. The molecule has 1 atom stereocenters. The second-order valence-corrected chi connectivity index (χ2v) is 4.95. The van der Waals surface area contributed by atoms with Crippen LogP contribution in [0.2, 0.25) is 0 Å². The largest absolute Gasteiger partial charge is 0.351 e. The molecule has 0 unspecified atom stereocenters. The van der Waals surface area contributed by atoms with E-state index in [2.05, 4.69) is 26.0 Å². The lowest BCUT2D eigenvalue weighted by Crippen LogP contribution is -2.43. The number of nitrogens with zero attached hydrogens (tertiary/aromatic N) is 6. The summed E-state index contributed by atoms with van der Waals surface area (Å²) in [7, 11) is 0. The average molecular weight is 268 g/mol. The Balaban J connectivity index is 1.87. The van der Waals surface area contributed by atoms with E-state index >= 15 is 0 Å². The molecule has 2 aromatic heterocycles. The molecule has 0 N–H and O–H groups in total. The Bertz CT molecular complexity index is 600. The predicted octanol–water partition coefficient (Wildman–Crippen LogP) is 1.60. The second-order valence-electron chi connectivity index (χ2n) is 4.95. The Morgan fingerprint density at radius 2 is 2.35 bits per heavy atom. The fourth-order valence-corrected chi connectivity index (χ4v) is 2.73. The minimum atomic E-state index is 0.312. The maximum absolute atomic E-state index is 9.25. The van der Waals surface area contributed by atoms with Crippen molar-refractivity contribution in [3.05, 3.63) is 36.5 Å². The van der Waals surface area contributed by atoms with E-state index in [1.54, 1.807) is 24.9 Å². The van der Waals surface area contributed by atoms with E-state index < -0.39 is 0 Å². The Kier molecular flexibility index (Phi) is 3.59. The first-order valence-corrected chi connectivity index (χ1v) is 6.82. The summed E-state index contributed by atoms with van der Waals surface area (Å²) in [6, 6.07) is 6.17. The fraction of sp³-hybridized carbons (Fsp3) is 0.429. The molecule has 102 valence electrons. The van der Waals surface area contributed by atoms with Gasteiger partial charge in [0.2, 0.25) is 0 Å². The summed E-state index contributed by atoms with van der Waals surface area (Å²) < 4.78 is 1.85. The smallest absolute Gasteiger partial charge is 0.146 e. The van der Waals surface area contributed by atoms with E-state index in [4.69, 9.17) is 0 Å². The third kappa shape index (κ3) is 2.48. The summed E-state index contributed by atoms with van der Waals surface area (Å²) in [4.78, 5) is 10.6. The van der Waals surface area contributed by atoms with Gasteiger partial charge in [0.1, 0.15) is 24.5 Å². The van der Waals surface area contributed by atoms with Crippen LogP contribution in [0.3, 0.4) is 0 Å². The van der Waals surface area contributed by atoms with Crippen molar-refractivity contribution in [1.82, 2.24) is 19.7 Å². The summed E-state index contributed by atoms with van der Waals surface area (Å²) in [5.74, 6) is 0.791. The van der Waals surface area contributed by atoms with E-state index in [9.17, 15) is 5.26 Å².